The highest BCUT2D eigenvalue weighted by molar-refractivity contribution is 5.94. The van der Waals surface area contributed by atoms with Gasteiger partial charge in [0, 0.05) is 18.7 Å². The molecule has 0 aliphatic carbocycles. The van der Waals surface area contributed by atoms with E-state index in [1.54, 1.807) is 12.1 Å². The molecule has 1 N–H and O–H groups in total. The molecule has 146 valence electrons. The number of carbonyl (C=O) groups is 1. The standard InChI is InChI=1S/C25H23NO3/c27-23-12-10-20(11-13-23)21-14-16-26(17-15-21)25(28)22-8-6-19(7-9-22)18-29-24-4-2-1-3-5-24/h1-14,27H,15-18H2. The second-order valence-corrected chi connectivity index (χ2v) is 7.08. The largest absolute Gasteiger partial charge is 0.508 e. The molecule has 29 heavy (non-hydrogen) atoms. The molecule has 3 aromatic carbocycles. The maximum absolute atomic E-state index is 12.8. The number of para-hydroxylation sites is 1. The van der Waals surface area contributed by atoms with E-state index in [0.29, 0.717) is 25.3 Å². The summed E-state index contributed by atoms with van der Waals surface area (Å²) in [6, 6.07) is 24.5. The third kappa shape index (κ3) is 4.66. The van der Waals surface area contributed by atoms with Gasteiger partial charge in [0.25, 0.3) is 5.91 Å². The van der Waals surface area contributed by atoms with Crippen molar-refractivity contribution in [3.05, 3.63) is 102 Å². The molecular formula is C25H23NO3. The lowest BCUT2D eigenvalue weighted by Gasteiger charge is -2.27. The number of ether oxygens (including phenoxy) is 1. The molecule has 0 radical (unpaired) electrons. The number of hydrogen-bond donors (Lipinski definition) is 1. The molecule has 0 saturated heterocycles. The first-order chi connectivity index (χ1) is 14.2. The van der Waals surface area contributed by atoms with E-state index in [1.165, 1.54) is 5.57 Å². The van der Waals surface area contributed by atoms with Crippen LogP contribution in [0.3, 0.4) is 0 Å². The van der Waals surface area contributed by atoms with E-state index in [9.17, 15) is 9.90 Å². The van der Waals surface area contributed by atoms with E-state index in [1.807, 2.05) is 71.6 Å². The second-order valence-electron chi connectivity index (χ2n) is 7.08. The average molecular weight is 385 g/mol. The molecule has 4 heteroatoms. The zero-order chi connectivity index (χ0) is 20.1. The first-order valence-electron chi connectivity index (χ1n) is 9.73. The SMILES string of the molecule is O=C(c1ccc(COc2ccccc2)cc1)N1CC=C(c2ccc(O)cc2)CC1. The van der Waals surface area contributed by atoms with Crippen LogP contribution in [0.2, 0.25) is 0 Å². The Kier molecular flexibility index (Phi) is 5.61. The normalized spacial score (nSPS) is 13.7. The number of rotatable bonds is 5. The summed E-state index contributed by atoms with van der Waals surface area (Å²) in [4.78, 5) is 14.7. The molecule has 0 atom stereocenters. The van der Waals surface area contributed by atoms with Gasteiger partial charge in [-0.05, 0) is 59.5 Å². The van der Waals surface area contributed by atoms with Crippen molar-refractivity contribution in [1.29, 1.82) is 0 Å². The van der Waals surface area contributed by atoms with Crippen LogP contribution in [0.15, 0.2) is 84.9 Å². The summed E-state index contributed by atoms with van der Waals surface area (Å²) in [6.07, 6.45) is 2.90. The predicted molar refractivity (Wildman–Crippen MR) is 114 cm³/mol. The van der Waals surface area contributed by atoms with Gasteiger partial charge >= 0.3 is 0 Å². The second kappa shape index (κ2) is 8.65. The lowest BCUT2D eigenvalue weighted by Crippen LogP contribution is -2.34. The van der Waals surface area contributed by atoms with Crippen molar-refractivity contribution in [3.63, 3.8) is 0 Å². The van der Waals surface area contributed by atoms with Crippen molar-refractivity contribution in [2.45, 2.75) is 13.0 Å². The predicted octanol–water partition coefficient (Wildman–Crippen LogP) is 4.90. The van der Waals surface area contributed by atoms with Gasteiger partial charge in [-0.2, -0.15) is 0 Å². The fraction of sp³-hybridized carbons (Fsp3) is 0.160. The number of carbonyl (C=O) groups excluding carboxylic acids is 1. The van der Waals surface area contributed by atoms with Crippen molar-refractivity contribution < 1.29 is 14.6 Å². The minimum atomic E-state index is 0.0431. The first kappa shape index (κ1) is 18.8. The number of aromatic hydroxyl groups is 1. The highest BCUT2D eigenvalue weighted by Gasteiger charge is 2.19. The quantitative estimate of drug-likeness (QED) is 0.680. The maximum atomic E-state index is 12.8. The number of amides is 1. The molecule has 0 unspecified atom stereocenters. The van der Waals surface area contributed by atoms with Gasteiger partial charge in [-0.1, -0.05) is 48.5 Å². The summed E-state index contributed by atoms with van der Waals surface area (Å²) in [5, 5.41) is 9.43. The monoisotopic (exact) mass is 385 g/mol. The minimum Gasteiger partial charge on any atom is -0.508 e. The number of phenols is 1. The summed E-state index contributed by atoms with van der Waals surface area (Å²) in [5.74, 6) is 1.14. The molecule has 0 aromatic heterocycles. The van der Waals surface area contributed by atoms with Crippen molar-refractivity contribution in [2.24, 2.45) is 0 Å². The van der Waals surface area contributed by atoms with E-state index in [4.69, 9.17) is 4.74 Å². The molecule has 0 saturated carbocycles. The van der Waals surface area contributed by atoms with Crippen LogP contribution in [-0.4, -0.2) is 29.0 Å². The molecule has 0 bridgehead atoms. The Balaban J connectivity index is 1.35. The van der Waals surface area contributed by atoms with E-state index >= 15 is 0 Å². The third-order valence-corrected chi connectivity index (χ3v) is 5.08. The van der Waals surface area contributed by atoms with Gasteiger partial charge in [-0.3, -0.25) is 4.79 Å². The Morgan fingerprint density at radius 3 is 2.31 bits per heavy atom. The number of benzene rings is 3. The van der Waals surface area contributed by atoms with Gasteiger partial charge in [0.2, 0.25) is 0 Å². The van der Waals surface area contributed by atoms with Crippen LogP contribution in [0.4, 0.5) is 0 Å². The Morgan fingerprint density at radius 2 is 1.66 bits per heavy atom. The number of phenolic OH excluding ortho intramolecular Hbond substituents is 1. The molecule has 1 aliphatic heterocycles. The van der Waals surface area contributed by atoms with Gasteiger partial charge < -0.3 is 14.7 Å². The zero-order valence-corrected chi connectivity index (χ0v) is 16.1. The third-order valence-electron chi connectivity index (χ3n) is 5.08. The Morgan fingerprint density at radius 1 is 0.931 bits per heavy atom. The summed E-state index contributed by atoms with van der Waals surface area (Å²) < 4.78 is 5.75. The average Bonchev–Trinajstić information content (AvgIpc) is 2.79. The summed E-state index contributed by atoms with van der Waals surface area (Å²) in [5.41, 5.74) is 4.02. The number of nitrogens with zero attached hydrogens (tertiary/aromatic N) is 1. The fourth-order valence-electron chi connectivity index (χ4n) is 3.40. The highest BCUT2D eigenvalue weighted by Crippen LogP contribution is 2.25. The lowest BCUT2D eigenvalue weighted by atomic mass is 9.99. The van der Waals surface area contributed by atoms with E-state index in [2.05, 4.69) is 6.08 Å². The van der Waals surface area contributed by atoms with Crippen LogP contribution in [0.25, 0.3) is 5.57 Å². The molecule has 1 aliphatic rings. The van der Waals surface area contributed by atoms with E-state index in [-0.39, 0.29) is 11.7 Å². The van der Waals surface area contributed by atoms with Gasteiger partial charge in [0.05, 0.1) is 0 Å². The lowest BCUT2D eigenvalue weighted by molar-refractivity contribution is 0.0773. The smallest absolute Gasteiger partial charge is 0.254 e. The highest BCUT2D eigenvalue weighted by atomic mass is 16.5. The Hall–Kier alpha value is -3.53. The molecule has 0 fully saturated rings. The van der Waals surface area contributed by atoms with Crippen LogP contribution in [0.5, 0.6) is 11.5 Å². The molecule has 4 nitrogen and oxygen atoms in total. The van der Waals surface area contributed by atoms with Crippen LogP contribution in [-0.2, 0) is 6.61 Å². The molecule has 1 amide bonds. The molecular weight excluding hydrogens is 362 g/mol. The summed E-state index contributed by atoms with van der Waals surface area (Å²) in [7, 11) is 0. The summed E-state index contributed by atoms with van der Waals surface area (Å²) >= 11 is 0. The van der Waals surface area contributed by atoms with Gasteiger partial charge in [-0.15, -0.1) is 0 Å². The van der Waals surface area contributed by atoms with Crippen molar-refractivity contribution in [1.82, 2.24) is 4.90 Å². The van der Waals surface area contributed by atoms with E-state index < -0.39 is 0 Å². The van der Waals surface area contributed by atoms with Crippen molar-refractivity contribution in [3.8, 4) is 11.5 Å². The molecule has 0 spiro atoms. The molecule has 4 rings (SSSR count). The van der Waals surface area contributed by atoms with E-state index in [0.717, 1.165) is 23.3 Å². The zero-order valence-electron chi connectivity index (χ0n) is 16.1. The van der Waals surface area contributed by atoms with Gasteiger partial charge in [0.15, 0.2) is 0 Å². The first-order valence-corrected chi connectivity index (χ1v) is 9.73. The number of hydrogen-bond acceptors (Lipinski definition) is 3. The maximum Gasteiger partial charge on any atom is 0.254 e. The summed E-state index contributed by atoms with van der Waals surface area (Å²) in [6.45, 7) is 1.75. The minimum absolute atomic E-state index is 0.0431. The molecule has 1 heterocycles. The van der Waals surface area contributed by atoms with Crippen LogP contribution in [0.1, 0.15) is 27.9 Å². The Labute approximate surface area is 170 Å². The van der Waals surface area contributed by atoms with Crippen molar-refractivity contribution in [2.75, 3.05) is 13.1 Å². The van der Waals surface area contributed by atoms with Crippen LogP contribution < -0.4 is 4.74 Å². The van der Waals surface area contributed by atoms with Crippen LogP contribution >= 0.6 is 0 Å². The topological polar surface area (TPSA) is 49.8 Å². The van der Waals surface area contributed by atoms with Gasteiger partial charge in [0.1, 0.15) is 18.1 Å². The molecule has 3 aromatic rings. The van der Waals surface area contributed by atoms with Crippen molar-refractivity contribution >= 4 is 11.5 Å². The fourth-order valence-corrected chi connectivity index (χ4v) is 3.40. The van der Waals surface area contributed by atoms with Gasteiger partial charge in [-0.25, -0.2) is 0 Å². The van der Waals surface area contributed by atoms with Crippen LogP contribution in [0, 0.1) is 0 Å². The Bertz CT molecular complexity index is 993.